The third kappa shape index (κ3) is 3.78. The number of hydrogen-bond acceptors (Lipinski definition) is 6. The van der Waals surface area contributed by atoms with Gasteiger partial charge in [-0.05, 0) is 38.1 Å². The van der Waals surface area contributed by atoms with E-state index in [0.717, 1.165) is 34.3 Å². The van der Waals surface area contributed by atoms with Gasteiger partial charge in [-0.15, -0.1) is 10.2 Å². The zero-order chi connectivity index (χ0) is 18.6. The SMILES string of the molecule is CCn1c(SCc2coc(-c3ccc(C)cc3)n2)nnc1-c1ccncc1. The fourth-order valence-electron chi connectivity index (χ4n) is 2.74. The van der Waals surface area contributed by atoms with Crippen molar-refractivity contribution in [3.05, 3.63) is 66.3 Å². The Balaban J connectivity index is 1.50. The first kappa shape index (κ1) is 17.5. The van der Waals surface area contributed by atoms with Crippen LogP contribution in [-0.4, -0.2) is 24.7 Å². The molecule has 6 nitrogen and oxygen atoms in total. The van der Waals surface area contributed by atoms with Crippen LogP contribution in [-0.2, 0) is 12.3 Å². The van der Waals surface area contributed by atoms with Crippen LogP contribution in [0.5, 0.6) is 0 Å². The highest BCUT2D eigenvalue weighted by Gasteiger charge is 2.14. The summed E-state index contributed by atoms with van der Waals surface area (Å²) in [5.74, 6) is 2.16. The molecular formula is C20H19N5OS. The standard InChI is InChI=1S/C20H19N5OS/c1-3-25-18(15-8-10-21-11-9-15)23-24-20(25)27-13-17-12-26-19(22-17)16-6-4-14(2)5-7-16/h4-12H,3,13H2,1-2H3. The van der Waals surface area contributed by atoms with Crippen LogP contribution in [0, 0.1) is 6.92 Å². The molecule has 0 amide bonds. The molecule has 27 heavy (non-hydrogen) atoms. The first-order chi connectivity index (χ1) is 13.2. The maximum absolute atomic E-state index is 5.64. The number of benzene rings is 1. The average Bonchev–Trinajstić information content (AvgIpc) is 3.34. The molecule has 0 aliphatic heterocycles. The first-order valence-corrected chi connectivity index (χ1v) is 9.71. The Morgan fingerprint density at radius 2 is 1.78 bits per heavy atom. The van der Waals surface area contributed by atoms with E-state index in [1.165, 1.54) is 5.56 Å². The van der Waals surface area contributed by atoms with Gasteiger partial charge in [0.25, 0.3) is 0 Å². The number of oxazole rings is 1. The van der Waals surface area contributed by atoms with Gasteiger partial charge in [0, 0.05) is 35.8 Å². The van der Waals surface area contributed by atoms with Crippen LogP contribution >= 0.6 is 11.8 Å². The monoisotopic (exact) mass is 377 g/mol. The summed E-state index contributed by atoms with van der Waals surface area (Å²) < 4.78 is 7.73. The van der Waals surface area contributed by atoms with E-state index in [9.17, 15) is 0 Å². The minimum absolute atomic E-state index is 0.639. The molecular weight excluding hydrogens is 358 g/mol. The molecule has 3 heterocycles. The molecule has 7 heteroatoms. The van der Waals surface area contributed by atoms with Gasteiger partial charge in [0.1, 0.15) is 6.26 Å². The molecule has 136 valence electrons. The lowest BCUT2D eigenvalue weighted by Crippen LogP contribution is -2.00. The van der Waals surface area contributed by atoms with Gasteiger partial charge >= 0.3 is 0 Å². The Bertz CT molecular complexity index is 1020. The highest BCUT2D eigenvalue weighted by Crippen LogP contribution is 2.27. The van der Waals surface area contributed by atoms with Crippen molar-refractivity contribution in [3.63, 3.8) is 0 Å². The van der Waals surface area contributed by atoms with Crippen molar-refractivity contribution in [3.8, 4) is 22.8 Å². The molecule has 0 radical (unpaired) electrons. The number of nitrogens with zero attached hydrogens (tertiary/aromatic N) is 5. The number of aryl methyl sites for hydroxylation is 1. The van der Waals surface area contributed by atoms with E-state index in [2.05, 4.69) is 50.7 Å². The van der Waals surface area contributed by atoms with Gasteiger partial charge in [-0.25, -0.2) is 4.98 Å². The van der Waals surface area contributed by atoms with E-state index in [1.54, 1.807) is 30.4 Å². The molecule has 0 unspecified atom stereocenters. The maximum Gasteiger partial charge on any atom is 0.226 e. The molecule has 0 aliphatic rings. The molecule has 0 fully saturated rings. The summed E-state index contributed by atoms with van der Waals surface area (Å²) in [7, 11) is 0. The summed E-state index contributed by atoms with van der Waals surface area (Å²) in [5.41, 5.74) is 4.08. The Hall–Kier alpha value is -2.93. The van der Waals surface area contributed by atoms with Crippen molar-refractivity contribution in [1.82, 2.24) is 24.7 Å². The van der Waals surface area contributed by atoms with Crippen molar-refractivity contribution >= 4 is 11.8 Å². The lowest BCUT2D eigenvalue weighted by molar-refractivity contribution is 0.573. The molecule has 0 aliphatic carbocycles. The van der Waals surface area contributed by atoms with Gasteiger partial charge in [-0.3, -0.25) is 4.98 Å². The van der Waals surface area contributed by atoms with Crippen molar-refractivity contribution in [2.75, 3.05) is 0 Å². The van der Waals surface area contributed by atoms with E-state index in [0.29, 0.717) is 11.6 Å². The Morgan fingerprint density at radius 3 is 2.52 bits per heavy atom. The van der Waals surface area contributed by atoms with Crippen LogP contribution in [0.2, 0.25) is 0 Å². The van der Waals surface area contributed by atoms with Crippen molar-refractivity contribution in [1.29, 1.82) is 0 Å². The van der Waals surface area contributed by atoms with Gasteiger partial charge in [0.2, 0.25) is 5.89 Å². The summed E-state index contributed by atoms with van der Waals surface area (Å²) in [6.07, 6.45) is 5.23. The fraction of sp³-hybridized carbons (Fsp3) is 0.200. The maximum atomic E-state index is 5.64. The summed E-state index contributed by atoms with van der Waals surface area (Å²) >= 11 is 1.60. The topological polar surface area (TPSA) is 69.6 Å². The smallest absolute Gasteiger partial charge is 0.226 e. The molecule has 0 saturated carbocycles. The molecule has 1 aromatic carbocycles. The Labute approximate surface area is 161 Å². The number of hydrogen-bond donors (Lipinski definition) is 0. The second-order valence-electron chi connectivity index (χ2n) is 6.09. The van der Waals surface area contributed by atoms with Crippen molar-refractivity contribution in [2.24, 2.45) is 0 Å². The predicted molar refractivity (Wildman–Crippen MR) is 105 cm³/mol. The van der Waals surface area contributed by atoms with Gasteiger partial charge in [-0.1, -0.05) is 29.5 Å². The van der Waals surface area contributed by atoms with Crippen LogP contribution in [0.25, 0.3) is 22.8 Å². The largest absolute Gasteiger partial charge is 0.444 e. The summed E-state index contributed by atoms with van der Waals surface area (Å²) in [4.78, 5) is 8.65. The van der Waals surface area contributed by atoms with E-state index in [4.69, 9.17) is 4.42 Å². The molecule has 0 atom stereocenters. The first-order valence-electron chi connectivity index (χ1n) is 8.72. The van der Waals surface area contributed by atoms with Crippen LogP contribution in [0.3, 0.4) is 0 Å². The minimum atomic E-state index is 0.639. The third-order valence-corrected chi connectivity index (χ3v) is 5.17. The Morgan fingerprint density at radius 1 is 1.00 bits per heavy atom. The zero-order valence-electron chi connectivity index (χ0n) is 15.2. The van der Waals surface area contributed by atoms with Gasteiger partial charge in [0.05, 0.1) is 5.69 Å². The van der Waals surface area contributed by atoms with Gasteiger partial charge in [-0.2, -0.15) is 0 Å². The number of pyridine rings is 1. The number of aromatic nitrogens is 5. The summed E-state index contributed by atoms with van der Waals surface area (Å²) in [5, 5.41) is 9.57. The summed E-state index contributed by atoms with van der Waals surface area (Å²) in [6, 6.07) is 12.0. The van der Waals surface area contributed by atoms with Crippen molar-refractivity contribution < 1.29 is 4.42 Å². The average molecular weight is 377 g/mol. The highest BCUT2D eigenvalue weighted by molar-refractivity contribution is 7.98. The normalized spacial score (nSPS) is 11.0. The highest BCUT2D eigenvalue weighted by atomic mass is 32.2. The van der Waals surface area contributed by atoms with E-state index >= 15 is 0 Å². The van der Waals surface area contributed by atoms with E-state index in [-0.39, 0.29) is 0 Å². The lowest BCUT2D eigenvalue weighted by Gasteiger charge is -2.06. The second kappa shape index (κ2) is 7.75. The Kier molecular flexibility index (Phi) is 5.02. The molecule has 4 rings (SSSR count). The van der Waals surface area contributed by atoms with Gasteiger partial charge in [0.15, 0.2) is 11.0 Å². The van der Waals surface area contributed by atoms with Crippen LogP contribution in [0.1, 0.15) is 18.2 Å². The molecule has 0 spiro atoms. The predicted octanol–water partition coefficient (Wildman–Crippen LogP) is 4.62. The summed E-state index contributed by atoms with van der Waals surface area (Å²) in [6.45, 7) is 4.94. The molecule has 3 aromatic heterocycles. The fourth-order valence-corrected chi connectivity index (χ4v) is 3.62. The second-order valence-corrected chi connectivity index (χ2v) is 7.03. The molecule has 0 saturated heterocycles. The van der Waals surface area contributed by atoms with E-state index < -0.39 is 0 Å². The number of thioether (sulfide) groups is 1. The molecule has 4 aromatic rings. The lowest BCUT2D eigenvalue weighted by atomic mass is 10.1. The van der Waals surface area contributed by atoms with Gasteiger partial charge < -0.3 is 8.98 Å². The van der Waals surface area contributed by atoms with Crippen molar-refractivity contribution in [2.45, 2.75) is 31.3 Å². The molecule has 0 N–H and O–H groups in total. The third-order valence-electron chi connectivity index (χ3n) is 4.17. The zero-order valence-corrected chi connectivity index (χ0v) is 16.0. The number of rotatable bonds is 6. The van der Waals surface area contributed by atoms with Crippen LogP contribution in [0.4, 0.5) is 0 Å². The van der Waals surface area contributed by atoms with Crippen LogP contribution < -0.4 is 0 Å². The van der Waals surface area contributed by atoms with E-state index in [1.807, 2.05) is 24.3 Å². The molecule has 0 bridgehead atoms. The van der Waals surface area contributed by atoms with Crippen LogP contribution in [0.15, 0.2) is 64.6 Å². The quantitative estimate of drug-likeness (QED) is 0.457. The minimum Gasteiger partial charge on any atom is -0.444 e.